The Bertz CT molecular complexity index is 435. The fourth-order valence-corrected chi connectivity index (χ4v) is 1.16. The predicted octanol–water partition coefficient (Wildman–Crippen LogP) is 2.30. The molecular weight excluding hydrogens is 197 g/mol. The summed E-state index contributed by atoms with van der Waals surface area (Å²) in [6.07, 6.45) is 0. The Kier molecular flexibility index (Phi) is 3.40. The minimum atomic E-state index is -0.728. The van der Waals surface area contributed by atoms with Gasteiger partial charge in [0, 0.05) is 5.56 Å². The van der Waals surface area contributed by atoms with Crippen LogP contribution in [0.2, 0.25) is 0 Å². The van der Waals surface area contributed by atoms with Crippen LogP contribution in [0, 0.1) is 17.1 Å². The summed E-state index contributed by atoms with van der Waals surface area (Å²) < 4.78 is 18.4. The summed E-state index contributed by atoms with van der Waals surface area (Å²) in [5.74, 6) is -0.877. The number of rotatable bonds is 3. The highest BCUT2D eigenvalue weighted by Gasteiger charge is 2.13. The van der Waals surface area contributed by atoms with Gasteiger partial charge in [-0.15, -0.1) is 0 Å². The Labute approximate surface area is 87.1 Å². The third-order valence-corrected chi connectivity index (χ3v) is 1.87. The number of ether oxygens (including phenoxy) is 1. The normalized spacial score (nSPS) is 9.47. The maximum Gasteiger partial charge on any atom is 0.160 e. The van der Waals surface area contributed by atoms with Crippen molar-refractivity contribution in [2.24, 2.45) is 0 Å². The lowest BCUT2D eigenvalue weighted by Gasteiger charge is -2.07. The number of hydrogen-bond acceptors (Lipinski definition) is 3. The van der Waals surface area contributed by atoms with Crippen LogP contribution >= 0.6 is 0 Å². The van der Waals surface area contributed by atoms with Gasteiger partial charge < -0.3 is 4.74 Å². The largest absolute Gasteiger partial charge is 0.492 e. The summed E-state index contributed by atoms with van der Waals surface area (Å²) in [4.78, 5) is 11.0. The van der Waals surface area contributed by atoms with Gasteiger partial charge in [-0.05, 0) is 26.0 Å². The quantitative estimate of drug-likeness (QED) is 0.714. The van der Waals surface area contributed by atoms with Gasteiger partial charge in [-0.2, -0.15) is 5.26 Å². The molecular formula is C11H10FNO2. The first-order valence-electron chi connectivity index (χ1n) is 4.47. The van der Waals surface area contributed by atoms with Crippen molar-refractivity contribution in [3.05, 3.63) is 29.1 Å². The van der Waals surface area contributed by atoms with Gasteiger partial charge >= 0.3 is 0 Å². The van der Waals surface area contributed by atoms with Crippen LogP contribution in [0.1, 0.15) is 29.8 Å². The molecule has 0 atom stereocenters. The van der Waals surface area contributed by atoms with Gasteiger partial charge in [-0.25, -0.2) is 4.39 Å². The van der Waals surface area contributed by atoms with E-state index in [2.05, 4.69) is 0 Å². The first-order chi connectivity index (χ1) is 7.10. The van der Waals surface area contributed by atoms with Gasteiger partial charge in [0.25, 0.3) is 0 Å². The molecule has 0 saturated carbocycles. The number of carbonyl (C=O) groups excluding carboxylic acids is 1. The molecule has 3 nitrogen and oxygen atoms in total. The van der Waals surface area contributed by atoms with Crippen molar-refractivity contribution < 1.29 is 13.9 Å². The van der Waals surface area contributed by atoms with Crippen molar-refractivity contribution >= 4 is 5.78 Å². The highest BCUT2D eigenvalue weighted by molar-refractivity contribution is 5.94. The number of ketones is 1. The van der Waals surface area contributed by atoms with E-state index >= 15 is 0 Å². The molecule has 0 aliphatic rings. The van der Waals surface area contributed by atoms with E-state index in [1.54, 1.807) is 13.0 Å². The van der Waals surface area contributed by atoms with Crippen LogP contribution < -0.4 is 4.74 Å². The van der Waals surface area contributed by atoms with Crippen LogP contribution in [0.25, 0.3) is 0 Å². The molecule has 4 heteroatoms. The van der Waals surface area contributed by atoms with Gasteiger partial charge in [0.05, 0.1) is 6.61 Å². The Balaban J connectivity index is 3.33. The van der Waals surface area contributed by atoms with Crippen molar-refractivity contribution in [1.29, 1.82) is 5.26 Å². The van der Waals surface area contributed by atoms with Crippen molar-refractivity contribution in [1.82, 2.24) is 0 Å². The Hall–Kier alpha value is -1.89. The zero-order valence-electron chi connectivity index (χ0n) is 8.50. The van der Waals surface area contributed by atoms with Crippen LogP contribution in [0.5, 0.6) is 5.75 Å². The maximum atomic E-state index is 13.3. The average Bonchev–Trinajstić information content (AvgIpc) is 2.17. The van der Waals surface area contributed by atoms with Crippen molar-refractivity contribution in [3.8, 4) is 11.8 Å². The molecule has 0 unspecified atom stereocenters. The molecule has 0 heterocycles. The lowest BCUT2D eigenvalue weighted by Crippen LogP contribution is -2.01. The van der Waals surface area contributed by atoms with E-state index in [4.69, 9.17) is 10.00 Å². The monoisotopic (exact) mass is 207 g/mol. The van der Waals surface area contributed by atoms with Crippen LogP contribution in [-0.2, 0) is 0 Å². The zero-order valence-corrected chi connectivity index (χ0v) is 8.50. The van der Waals surface area contributed by atoms with Crippen molar-refractivity contribution in [2.45, 2.75) is 13.8 Å². The first kappa shape index (κ1) is 11.2. The van der Waals surface area contributed by atoms with Gasteiger partial charge in [0.2, 0.25) is 0 Å². The summed E-state index contributed by atoms with van der Waals surface area (Å²) in [5, 5.41) is 8.70. The molecule has 0 aromatic heterocycles. The van der Waals surface area contributed by atoms with Crippen molar-refractivity contribution in [3.63, 3.8) is 0 Å². The number of Topliss-reactive ketones (excluding diaryl/α,β-unsaturated/α-hetero) is 1. The number of benzene rings is 1. The topological polar surface area (TPSA) is 50.1 Å². The van der Waals surface area contributed by atoms with E-state index in [-0.39, 0.29) is 22.7 Å². The standard InChI is InChI=1S/C11H10FNO2/c1-3-15-11-5-8(7(2)14)4-10(12)9(11)6-13/h4-5H,3H2,1-2H3. The van der Waals surface area contributed by atoms with Crippen molar-refractivity contribution in [2.75, 3.05) is 6.61 Å². The maximum absolute atomic E-state index is 13.3. The molecule has 0 saturated heterocycles. The summed E-state index contributed by atoms with van der Waals surface area (Å²) in [5.41, 5.74) is 0.0387. The van der Waals surface area contributed by atoms with Gasteiger partial charge in [0.1, 0.15) is 23.2 Å². The minimum Gasteiger partial charge on any atom is -0.492 e. The Morgan fingerprint density at radius 1 is 1.60 bits per heavy atom. The molecule has 1 aromatic carbocycles. The van der Waals surface area contributed by atoms with E-state index in [1.165, 1.54) is 13.0 Å². The molecule has 1 rings (SSSR count). The molecule has 0 radical (unpaired) electrons. The second-order valence-electron chi connectivity index (χ2n) is 2.93. The lowest BCUT2D eigenvalue weighted by molar-refractivity contribution is 0.101. The summed E-state index contributed by atoms with van der Waals surface area (Å²) >= 11 is 0. The third-order valence-electron chi connectivity index (χ3n) is 1.87. The molecule has 0 fully saturated rings. The molecule has 0 aliphatic heterocycles. The number of nitriles is 1. The second kappa shape index (κ2) is 4.56. The van der Waals surface area contributed by atoms with Gasteiger partial charge in [0.15, 0.2) is 5.78 Å². The Morgan fingerprint density at radius 2 is 2.27 bits per heavy atom. The van der Waals surface area contributed by atoms with Crippen LogP contribution in [-0.4, -0.2) is 12.4 Å². The molecule has 0 N–H and O–H groups in total. The highest BCUT2D eigenvalue weighted by atomic mass is 19.1. The van der Waals surface area contributed by atoms with Crippen LogP contribution in [0.3, 0.4) is 0 Å². The number of carbonyl (C=O) groups is 1. The first-order valence-corrected chi connectivity index (χ1v) is 4.47. The minimum absolute atomic E-state index is 0.116. The van der Waals surface area contributed by atoms with Crippen LogP contribution in [0.15, 0.2) is 12.1 Å². The molecule has 78 valence electrons. The molecule has 0 aliphatic carbocycles. The molecule has 0 amide bonds. The third kappa shape index (κ3) is 2.32. The van der Waals surface area contributed by atoms with E-state index in [0.717, 1.165) is 6.07 Å². The van der Waals surface area contributed by atoms with E-state index in [0.29, 0.717) is 6.61 Å². The van der Waals surface area contributed by atoms with Gasteiger partial charge in [-0.1, -0.05) is 0 Å². The molecule has 15 heavy (non-hydrogen) atoms. The summed E-state index contributed by atoms with van der Waals surface area (Å²) in [6.45, 7) is 3.37. The average molecular weight is 207 g/mol. The fraction of sp³-hybridized carbons (Fsp3) is 0.273. The second-order valence-corrected chi connectivity index (χ2v) is 2.93. The SMILES string of the molecule is CCOc1cc(C(C)=O)cc(F)c1C#N. The zero-order chi connectivity index (χ0) is 11.4. The summed E-state index contributed by atoms with van der Waals surface area (Å²) in [6, 6.07) is 4.13. The smallest absolute Gasteiger partial charge is 0.160 e. The number of halogens is 1. The van der Waals surface area contributed by atoms with E-state index in [1.807, 2.05) is 0 Å². The van der Waals surface area contributed by atoms with E-state index in [9.17, 15) is 9.18 Å². The number of nitrogens with zero attached hydrogens (tertiary/aromatic N) is 1. The molecule has 0 spiro atoms. The van der Waals surface area contributed by atoms with Gasteiger partial charge in [-0.3, -0.25) is 4.79 Å². The van der Waals surface area contributed by atoms with E-state index < -0.39 is 5.82 Å². The Morgan fingerprint density at radius 3 is 2.73 bits per heavy atom. The lowest BCUT2D eigenvalue weighted by atomic mass is 10.1. The molecule has 0 bridgehead atoms. The fourth-order valence-electron chi connectivity index (χ4n) is 1.16. The highest BCUT2D eigenvalue weighted by Crippen LogP contribution is 2.23. The van der Waals surface area contributed by atoms with Crippen LogP contribution in [0.4, 0.5) is 4.39 Å². The number of hydrogen-bond donors (Lipinski definition) is 0. The molecule has 1 aromatic rings. The predicted molar refractivity (Wildman–Crippen MR) is 52.3 cm³/mol. The summed E-state index contributed by atoms with van der Waals surface area (Å²) in [7, 11) is 0.